The van der Waals surface area contributed by atoms with Gasteiger partial charge in [-0.25, -0.2) is 9.59 Å². The number of carbonyl (C=O) groups is 2. The van der Waals surface area contributed by atoms with Crippen molar-refractivity contribution in [2.45, 2.75) is 26.3 Å². The summed E-state index contributed by atoms with van der Waals surface area (Å²) in [5.74, 6) is -0.357. The minimum Gasteiger partial charge on any atom is -0.497 e. The van der Waals surface area contributed by atoms with E-state index >= 15 is 0 Å². The minimum absolute atomic E-state index is 0.324. The van der Waals surface area contributed by atoms with Crippen molar-refractivity contribution in [2.75, 3.05) is 12.4 Å². The number of carbonyl (C=O) groups excluding carboxylic acids is 1. The summed E-state index contributed by atoms with van der Waals surface area (Å²) in [6.07, 6.45) is 0.324. The fourth-order valence-corrected chi connectivity index (χ4v) is 1.56. The normalized spacial score (nSPS) is 11.5. The maximum absolute atomic E-state index is 11.7. The van der Waals surface area contributed by atoms with Gasteiger partial charge < -0.3 is 20.5 Å². The zero-order valence-corrected chi connectivity index (χ0v) is 11.2. The number of hydrogen-bond acceptors (Lipinski definition) is 3. The second-order valence-electron chi connectivity index (χ2n) is 4.08. The molecule has 0 saturated heterocycles. The van der Waals surface area contributed by atoms with E-state index < -0.39 is 18.0 Å². The Labute approximate surface area is 111 Å². The quantitative estimate of drug-likeness (QED) is 0.760. The molecule has 0 fully saturated rings. The fraction of sp³-hybridized carbons (Fsp3) is 0.385. The van der Waals surface area contributed by atoms with Gasteiger partial charge in [-0.15, -0.1) is 0 Å². The standard InChI is InChI=1S/C13H18N2O4/c1-4-10(12(16)17)14-13(18)15-11-6-5-9(19-3)7-8(11)2/h5-7,10H,4H2,1-3H3,(H,16,17)(H2,14,15,18)/t10-/m0/s1. The number of aliphatic carboxylic acids is 1. The molecule has 0 aliphatic carbocycles. The lowest BCUT2D eigenvalue weighted by Gasteiger charge is -2.14. The van der Waals surface area contributed by atoms with Gasteiger partial charge in [0.2, 0.25) is 0 Å². The number of hydrogen-bond donors (Lipinski definition) is 3. The molecule has 0 aliphatic heterocycles. The van der Waals surface area contributed by atoms with Crippen LogP contribution in [-0.4, -0.2) is 30.3 Å². The Bertz CT molecular complexity index is 474. The Kier molecular flexibility index (Phi) is 5.17. The predicted molar refractivity (Wildman–Crippen MR) is 71.6 cm³/mol. The topological polar surface area (TPSA) is 87.7 Å². The lowest BCUT2D eigenvalue weighted by atomic mass is 10.2. The molecule has 0 aromatic heterocycles. The highest BCUT2D eigenvalue weighted by molar-refractivity contribution is 5.92. The van der Waals surface area contributed by atoms with E-state index in [2.05, 4.69) is 10.6 Å². The third kappa shape index (κ3) is 4.17. The van der Waals surface area contributed by atoms with Crippen LogP contribution in [0.25, 0.3) is 0 Å². The Morgan fingerprint density at radius 3 is 2.58 bits per heavy atom. The molecule has 0 radical (unpaired) electrons. The molecule has 0 saturated carbocycles. The Hall–Kier alpha value is -2.24. The first-order valence-electron chi connectivity index (χ1n) is 5.92. The predicted octanol–water partition coefficient (Wildman–Crippen LogP) is 1.99. The largest absolute Gasteiger partial charge is 0.497 e. The van der Waals surface area contributed by atoms with Crippen LogP contribution in [0.1, 0.15) is 18.9 Å². The number of rotatable bonds is 5. The number of methoxy groups -OCH3 is 1. The smallest absolute Gasteiger partial charge is 0.326 e. The minimum atomic E-state index is -1.05. The van der Waals surface area contributed by atoms with E-state index in [-0.39, 0.29) is 0 Å². The van der Waals surface area contributed by atoms with Crippen molar-refractivity contribution in [2.24, 2.45) is 0 Å². The summed E-state index contributed by atoms with van der Waals surface area (Å²) in [5.41, 5.74) is 1.44. The molecule has 6 nitrogen and oxygen atoms in total. The molecule has 0 unspecified atom stereocenters. The summed E-state index contributed by atoms with van der Waals surface area (Å²) in [7, 11) is 1.56. The molecule has 104 valence electrons. The molecule has 0 spiro atoms. The maximum Gasteiger partial charge on any atom is 0.326 e. The molecule has 1 rings (SSSR count). The molecule has 3 N–H and O–H groups in total. The number of aryl methyl sites for hydroxylation is 1. The number of carboxylic acid groups (broad SMARTS) is 1. The van der Waals surface area contributed by atoms with Crippen LogP contribution in [0.5, 0.6) is 5.75 Å². The molecule has 1 aromatic carbocycles. The summed E-state index contributed by atoms with van der Waals surface area (Å²) in [5, 5.41) is 13.9. The summed E-state index contributed by atoms with van der Waals surface area (Å²) in [6.45, 7) is 3.52. The fourth-order valence-electron chi connectivity index (χ4n) is 1.56. The van der Waals surface area contributed by atoms with Gasteiger partial charge in [-0.2, -0.15) is 0 Å². The average molecular weight is 266 g/mol. The van der Waals surface area contributed by atoms with Gasteiger partial charge in [-0.05, 0) is 37.1 Å². The van der Waals surface area contributed by atoms with Crippen LogP contribution in [0.4, 0.5) is 10.5 Å². The number of urea groups is 1. The van der Waals surface area contributed by atoms with Gasteiger partial charge in [0.15, 0.2) is 0 Å². The van der Waals surface area contributed by atoms with Crippen molar-refractivity contribution < 1.29 is 19.4 Å². The lowest BCUT2D eigenvalue weighted by molar-refractivity contribution is -0.139. The van der Waals surface area contributed by atoms with Gasteiger partial charge in [0.05, 0.1) is 7.11 Å². The van der Waals surface area contributed by atoms with Crippen LogP contribution < -0.4 is 15.4 Å². The van der Waals surface area contributed by atoms with Crippen LogP contribution in [0, 0.1) is 6.92 Å². The molecule has 6 heteroatoms. The Morgan fingerprint density at radius 1 is 1.42 bits per heavy atom. The third-order valence-electron chi connectivity index (χ3n) is 2.69. The number of amides is 2. The van der Waals surface area contributed by atoms with E-state index in [1.54, 1.807) is 32.2 Å². The number of benzene rings is 1. The highest BCUT2D eigenvalue weighted by Gasteiger charge is 2.17. The van der Waals surface area contributed by atoms with Crippen LogP contribution in [-0.2, 0) is 4.79 Å². The van der Waals surface area contributed by atoms with Crippen molar-refractivity contribution >= 4 is 17.7 Å². The van der Waals surface area contributed by atoms with E-state index in [1.807, 2.05) is 6.92 Å². The van der Waals surface area contributed by atoms with Crippen LogP contribution in [0.3, 0.4) is 0 Å². The molecule has 1 aromatic rings. The van der Waals surface area contributed by atoms with Gasteiger partial charge in [0.25, 0.3) is 0 Å². The number of nitrogens with one attached hydrogen (secondary N) is 2. The van der Waals surface area contributed by atoms with E-state index in [0.717, 1.165) is 5.56 Å². The highest BCUT2D eigenvalue weighted by atomic mass is 16.5. The SMILES string of the molecule is CC[C@H](NC(=O)Nc1ccc(OC)cc1C)C(=O)O. The molecule has 2 amide bonds. The van der Waals surface area contributed by atoms with E-state index in [4.69, 9.17) is 9.84 Å². The molecule has 0 heterocycles. The Morgan fingerprint density at radius 2 is 2.11 bits per heavy atom. The summed E-state index contributed by atoms with van der Waals surface area (Å²) in [4.78, 5) is 22.5. The summed E-state index contributed by atoms with van der Waals surface area (Å²) >= 11 is 0. The lowest BCUT2D eigenvalue weighted by Crippen LogP contribution is -2.42. The van der Waals surface area contributed by atoms with Crippen molar-refractivity contribution in [3.8, 4) is 5.75 Å². The molecule has 0 bridgehead atoms. The van der Waals surface area contributed by atoms with E-state index in [1.165, 1.54) is 0 Å². The first-order chi connectivity index (χ1) is 8.97. The zero-order valence-electron chi connectivity index (χ0n) is 11.2. The van der Waals surface area contributed by atoms with E-state index in [9.17, 15) is 9.59 Å². The molecule has 1 atom stereocenters. The van der Waals surface area contributed by atoms with Gasteiger partial charge >= 0.3 is 12.0 Å². The number of anilines is 1. The van der Waals surface area contributed by atoms with Crippen molar-refractivity contribution in [3.63, 3.8) is 0 Å². The van der Waals surface area contributed by atoms with Gasteiger partial charge in [-0.3, -0.25) is 0 Å². The second-order valence-corrected chi connectivity index (χ2v) is 4.08. The van der Waals surface area contributed by atoms with Crippen molar-refractivity contribution in [3.05, 3.63) is 23.8 Å². The van der Waals surface area contributed by atoms with Crippen LogP contribution in [0.2, 0.25) is 0 Å². The Balaban J connectivity index is 2.69. The van der Waals surface area contributed by atoms with Gasteiger partial charge in [0, 0.05) is 5.69 Å². The summed E-state index contributed by atoms with van der Waals surface area (Å²) in [6, 6.07) is 3.78. The molecular formula is C13H18N2O4. The van der Waals surface area contributed by atoms with Crippen molar-refractivity contribution in [1.29, 1.82) is 0 Å². The molecule has 0 aliphatic rings. The van der Waals surface area contributed by atoms with Gasteiger partial charge in [0.1, 0.15) is 11.8 Å². The van der Waals surface area contributed by atoms with Gasteiger partial charge in [-0.1, -0.05) is 6.92 Å². The molecular weight excluding hydrogens is 248 g/mol. The number of carboxylic acids is 1. The maximum atomic E-state index is 11.7. The first-order valence-corrected chi connectivity index (χ1v) is 5.92. The first kappa shape index (κ1) is 14.8. The number of ether oxygens (including phenoxy) is 1. The van der Waals surface area contributed by atoms with E-state index in [0.29, 0.717) is 17.9 Å². The molecule has 19 heavy (non-hydrogen) atoms. The van der Waals surface area contributed by atoms with Crippen LogP contribution in [0.15, 0.2) is 18.2 Å². The van der Waals surface area contributed by atoms with Crippen LogP contribution >= 0.6 is 0 Å². The summed E-state index contributed by atoms with van der Waals surface area (Å²) < 4.78 is 5.06. The third-order valence-corrected chi connectivity index (χ3v) is 2.69. The zero-order chi connectivity index (χ0) is 14.4. The highest BCUT2D eigenvalue weighted by Crippen LogP contribution is 2.20. The van der Waals surface area contributed by atoms with Crippen molar-refractivity contribution in [1.82, 2.24) is 5.32 Å². The second kappa shape index (κ2) is 6.63. The average Bonchev–Trinajstić information content (AvgIpc) is 2.37. The monoisotopic (exact) mass is 266 g/mol.